The molecule has 0 heterocycles. The molecule has 1 aromatic rings. The van der Waals surface area contributed by atoms with Crippen molar-refractivity contribution in [3.05, 3.63) is 23.2 Å². The van der Waals surface area contributed by atoms with Crippen LogP contribution in [-0.2, 0) is 0 Å². The van der Waals surface area contributed by atoms with Crippen LogP contribution in [0.1, 0.15) is 0 Å². The summed E-state index contributed by atoms with van der Waals surface area (Å²) in [5.41, 5.74) is 5.93. The van der Waals surface area contributed by atoms with Crippen molar-refractivity contribution in [2.45, 2.75) is 11.1 Å². The molecule has 0 saturated carbocycles. The largest absolute Gasteiger partial charge is 0.405 e. The minimum Gasteiger partial charge on any atom is -0.398 e. The first kappa shape index (κ1) is 14.0. The maximum absolute atomic E-state index is 12.3. The fourth-order valence-corrected chi connectivity index (χ4v) is 2.30. The Morgan fingerprint density at radius 1 is 1.47 bits per heavy atom. The van der Waals surface area contributed by atoms with Crippen molar-refractivity contribution in [2.24, 2.45) is 5.92 Å². The van der Waals surface area contributed by atoms with E-state index >= 15 is 0 Å². The molecule has 0 bridgehead atoms. The number of nitrogens with two attached hydrogens (primary N) is 1. The van der Waals surface area contributed by atoms with Crippen molar-refractivity contribution >= 4 is 29.1 Å². The highest BCUT2D eigenvalue weighted by Crippen LogP contribution is 2.34. The summed E-state index contributed by atoms with van der Waals surface area (Å²) in [6.45, 7) is 0. The summed E-state index contributed by atoms with van der Waals surface area (Å²) >= 11 is 6.57. The Bertz CT molecular complexity index is 442. The predicted molar refractivity (Wildman–Crippen MR) is 61.7 cm³/mol. The zero-order valence-corrected chi connectivity index (χ0v) is 10.0. The Morgan fingerprint density at radius 3 is 2.65 bits per heavy atom. The molecule has 0 spiro atoms. The zero-order valence-electron chi connectivity index (χ0n) is 8.46. The van der Waals surface area contributed by atoms with Gasteiger partial charge in [-0.1, -0.05) is 11.6 Å². The van der Waals surface area contributed by atoms with E-state index in [4.69, 9.17) is 22.6 Å². The summed E-state index contributed by atoms with van der Waals surface area (Å²) < 4.78 is 36.9. The maximum atomic E-state index is 12.3. The highest BCUT2D eigenvalue weighted by atomic mass is 35.5. The molecule has 0 aliphatic rings. The third-order valence-corrected chi connectivity index (χ3v) is 3.33. The molecule has 92 valence electrons. The van der Waals surface area contributed by atoms with Gasteiger partial charge in [-0.25, -0.2) is 0 Å². The molecule has 1 rings (SSSR count). The molecule has 7 heteroatoms. The third kappa shape index (κ3) is 4.02. The lowest BCUT2D eigenvalue weighted by atomic mass is 10.2. The second kappa shape index (κ2) is 5.52. The summed E-state index contributed by atoms with van der Waals surface area (Å²) in [4.78, 5) is 0.446. The van der Waals surface area contributed by atoms with E-state index in [2.05, 4.69) is 0 Å². The van der Waals surface area contributed by atoms with E-state index < -0.39 is 17.8 Å². The van der Waals surface area contributed by atoms with Gasteiger partial charge in [0, 0.05) is 21.4 Å². The van der Waals surface area contributed by atoms with Crippen LogP contribution in [0.25, 0.3) is 0 Å². The normalized spacial score (nSPS) is 13.1. The van der Waals surface area contributed by atoms with Crippen LogP contribution in [0.2, 0.25) is 5.02 Å². The first-order valence-electron chi connectivity index (χ1n) is 4.48. The molecule has 0 amide bonds. The SMILES string of the molecule is N#CC(CSc1cc(Cl)ccc1N)C(F)(F)F. The van der Waals surface area contributed by atoms with Gasteiger partial charge in [0.15, 0.2) is 5.92 Å². The summed E-state index contributed by atoms with van der Waals surface area (Å²) in [5, 5.41) is 8.81. The van der Waals surface area contributed by atoms with Crippen LogP contribution in [0.3, 0.4) is 0 Å². The second-order valence-electron chi connectivity index (χ2n) is 3.22. The van der Waals surface area contributed by atoms with Gasteiger partial charge in [-0.15, -0.1) is 11.8 Å². The van der Waals surface area contributed by atoms with Gasteiger partial charge in [0.05, 0.1) is 6.07 Å². The van der Waals surface area contributed by atoms with Crippen molar-refractivity contribution in [3.8, 4) is 6.07 Å². The molecule has 0 fully saturated rings. The molecule has 0 saturated heterocycles. The maximum Gasteiger partial charge on any atom is 0.405 e. The molecule has 0 aromatic heterocycles. The number of hydrogen-bond donors (Lipinski definition) is 1. The standard InChI is InChI=1S/C10H8ClF3N2S/c11-7-1-2-8(16)9(3-7)17-5-6(4-15)10(12,13)14/h1-3,6H,5,16H2. The van der Waals surface area contributed by atoms with Crippen LogP contribution in [0, 0.1) is 17.2 Å². The number of hydrogen-bond acceptors (Lipinski definition) is 3. The van der Waals surface area contributed by atoms with Gasteiger partial charge in [-0.05, 0) is 18.2 Å². The van der Waals surface area contributed by atoms with Crippen LogP contribution in [0.5, 0.6) is 0 Å². The van der Waals surface area contributed by atoms with E-state index in [0.29, 0.717) is 15.6 Å². The van der Waals surface area contributed by atoms with E-state index in [-0.39, 0.29) is 0 Å². The number of halogens is 4. The number of thioether (sulfide) groups is 1. The number of anilines is 1. The molecule has 2 N–H and O–H groups in total. The van der Waals surface area contributed by atoms with Gasteiger partial charge in [-0.2, -0.15) is 18.4 Å². The molecule has 0 radical (unpaired) electrons. The lowest BCUT2D eigenvalue weighted by Crippen LogP contribution is -2.23. The molecule has 1 aromatic carbocycles. The van der Waals surface area contributed by atoms with E-state index in [1.807, 2.05) is 0 Å². The molecule has 0 aliphatic carbocycles. The van der Waals surface area contributed by atoms with Crippen molar-refractivity contribution in [2.75, 3.05) is 11.5 Å². The Balaban J connectivity index is 2.73. The smallest absolute Gasteiger partial charge is 0.398 e. The quantitative estimate of drug-likeness (QED) is 0.678. The van der Waals surface area contributed by atoms with Gasteiger partial charge in [0.2, 0.25) is 0 Å². The van der Waals surface area contributed by atoms with E-state index in [1.165, 1.54) is 18.2 Å². The summed E-state index contributed by atoms with van der Waals surface area (Å²) in [6, 6.07) is 5.77. The molecular weight excluding hydrogens is 273 g/mol. The molecule has 1 unspecified atom stereocenters. The fourth-order valence-electron chi connectivity index (χ4n) is 1.01. The van der Waals surface area contributed by atoms with Crippen molar-refractivity contribution in [1.29, 1.82) is 5.26 Å². The minimum atomic E-state index is -4.52. The Labute approximate surface area is 106 Å². The van der Waals surface area contributed by atoms with Gasteiger partial charge >= 0.3 is 6.18 Å². The Kier molecular flexibility index (Phi) is 4.54. The number of nitrogen functional groups attached to an aromatic ring is 1. The van der Waals surface area contributed by atoms with Gasteiger partial charge in [-0.3, -0.25) is 0 Å². The van der Waals surface area contributed by atoms with E-state index in [1.54, 1.807) is 6.07 Å². The lowest BCUT2D eigenvalue weighted by Gasteiger charge is -2.13. The van der Waals surface area contributed by atoms with E-state index in [0.717, 1.165) is 11.8 Å². The highest BCUT2D eigenvalue weighted by Gasteiger charge is 2.39. The second-order valence-corrected chi connectivity index (χ2v) is 4.71. The summed E-state index contributed by atoms with van der Waals surface area (Å²) in [5.74, 6) is -2.41. The van der Waals surface area contributed by atoms with Crippen LogP contribution >= 0.6 is 23.4 Å². The van der Waals surface area contributed by atoms with Crippen LogP contribution in [0.4, 0.5) is 18.9 Å². The topological polar surface area (TPSA) is 49.8 Å². The zero-order chi connectivity index (χ0) is 13.1. The monoisotopic (exact) mass is 280 g/mol. The number of nitrogens with zero attached hydrogens (tertiary/aromatic N) is 1. The number of benzene rings is 1. The lowest BCUT2D eigenvalue weighted by molar-refractivity contribution is -0.152. The average molecular weight is 281 g/mol. The van der Waals surface area contributed by atoms with Crippen LogP contribution < -0.4 is 5.73 Å². The van der Waals surface area contributed by atoms with Gasteiger partial charge < -0.3 is 5.73 Å². The molecule has 17 heavy (non-hydrogen) atoms. The highest BCUT2D eigenvalue weighted by molar-refractivity contribution is 7.99. The Morgan fingerprint density at radius 2 is 2.12 bits per heavy atom. The van der Waals surface area contributed by atoms with Crippen molar-refractivity contribution in [3.63, 3.8) is 0 Å². The van der Waals surface area contributed by atoms with Crippen LogP contribution in [-0.4, -0.2) is 11.9 Å². The Hall–Kier alpha value is -1.06. The number of nitriles is 1. The van der Waals surface area contributed by atoms with Crippen LogP contribution in [0.15, 0.2) is 23.1 Å². The third-order valence-electron chi connectivity index (χ3n) is 1.93. The summed E-state index contributed by atoms with van der Waals surface area (Å²) in [6.07, 6.45) is -4.52. The first-order valence-corrected chi connectivity index (χ1v) is 5.85. The molecule has 1 atom stereocenters. The van der Waals surface area contributed by atoms with Crippen molar-refractivity contribution in [1.82, 2.24) is 0 Å². The van der Waals surface area contributed by atoms with Gasteiger partial charge in [0.1, 0.15) is 0 Å². The molecular formula is C10H8ClF3N2S. The van der Waals surface area contributed by atoms with Gasteiger partial charge in [0.25, 0.3) is 0 Å². The number of rotatable bonds is 3. The average Bonchev–Trinajstić information content (AvgIpc) is 2.22. The molecule has 0 aliphatic heterocycles. The predicted octanol–water partition coefficient (Wildman–Crippen LogP) is 3.72. The summed E-state index contributed by atoms with van der Waals surface area (Å²) in [7, 11) is 0. The van der Waals surface area contributed by atoms with Crippen molar-refractivity contribution < 1.29 is 13.2 Å². The molecule has 2 nitrogen and oxygen atoms in total. The van der Waals surface area contributed by atoms with E-state index in [9.17, 15) is 13.2 Å². The first-order chi connectivity index (χ1) is 7.84. The number of alkyl halides is 3. The fraction of sp³-hybridized carbons (Fsp3) is 0.300. The minimum absolute atomic E-state index is 0.346.